The fraction of sp³-hybridized carbons (Fsp3) is 0.250. The number of nitrogens with one attached hydrogen (secondary N) is 1. The Hall–Kier alpha value is -2.15. The minimum absolute atomic E-state index is 0.249. The van der Waals surface area contributed by atoms with Gasteiger partial charge in [-0.3, -0.25) is 0 Å². The lowest BCUT2D eigenvalue weighted by molar-refractivity contribution is 0.316. The van der Waals surface area contributed by atoms with Crippen LogP contribution >= 0.6 is 0 Å². The number of amidine groups is 1. The zero-order valence-electron chi connectivity index (χ0n) is 8.98. The lowest BCUT2D eigenvalue weighted by Gasteiger charge is -2.06. The second-order valence-electron chi connectivity index (χ2n) is 3.35. The van der Waals surface area contributed by atoms with E-state index < -0.39 is 0 Å². The van der Waals surface area contributed by atoms with Gasteiger partial charge >= 0.3 is 0 Å². The number of hydrogen-bond donors (Lipinski definition) is 3. The Morgan fingerprint density at radius 2 is 2.38 bits per heavy atom. The van der Waals surface area contributed by atoms with Crippen molar-refractivity contribution in [2.45, 2.75) is 12.8 Å². The van der Waals surface area contributed by atoms with Crippen LogP contribution in [0.1, 0.15) is 18.4 Å². The third-order valence-electron chi connectivity index (χ3n) is 2.10. The van der Waals surface area contributed by atoms with Crippen LogP contribution in [-0.2, 0) is 0 Å². The Bertz CT molecular complexity index is 407. The van der Waals surface area contributed by atoms with Crippen molar-refractivity contribution in [1.29, 1.82) is 0 Å². The van der Waals surface area contributed by atoms with E-state index in [0.717, 1.165) is 24.2 Å². The van der Waals surface area contributed by atoms with Gasteiger partial charge < -0.3 is 16.3 Å². The van der Waals surface area contributed by atoms with Gasteiger partial charge in [-0.15, -0.1) is 6.42 Å². The summed E-state index contributed by atoms with van der Waals surface area (Å²) in [4.78, 5) is 0. The summed E-state index contributed by atoms with van der Waals surface area (Å²) in [7, 11) is 0. The van der Waals surface area contributed by atoms with Crippen LogP contribution in [0, 0.1) is 12.3 Å². The molecule has 0 radical (unpaired) electrons. The molecule has 0 saturated carbocycles. The monoisotopic (exact) mass is 217 g/mol. The van der Waals surface area contributed by atoms with Crippen LogP contribution in [0.3, 0.4) is 0 Å². The SMILES string of the molecule is C#Cc1cccc(NCCCC(N)=NO)c1. The third kappa shape index (κ3) is 3.93. The first-order valence-corrected chi connectivity index (χ1v) is 5.03. The molecule has 0 heterocycles. The number of rotatable bonds is 5. The second-order valence-corrected chi connectivity index (χ2v) is 3.35. The van der Waals surface area contributed by atoms with Crippen molar-refractivity contribution < 1.29 is 5.21 Å². The molecule has 0 spiro atoms. The molecular formula is C12H15N3O. The molecule has 0 aromatic heterocycles. The van der Waals surface area contributed by atoms with Gasteiger partial charge in [-0.25, -0.2) is 0 Å². The van der Waals surface area contributed by atoms with Gasteiger partial charge in [0.2, 0.25) is 0 Å². The minimum Gasteiger partial charge on any atom is -0.409 e. The summed E-state index contributed by atoms with van der Waals surface area (Å²) in [6.45, 7) is 0.754. The third-order valence-corrected chi connectivity index (χ3v) is 2.10. The molecule has 84 valence electrons. The minimum atomic E-state index is 0.249. The van der Waals surface area contributed by atoms with E-state index in [4.69, 9.17) is 17.4 Å². The Labute approximate surface area is 95.2 Å². The molecule has 16 heavy (non-hydrogen) atoms. The molecule has 0 aliphatic rings. The molecule has 0 aliphatic heterocycles. The van der Waals surface area contributed by atoms with Gasteiger partial charge in [-0.05, 0) is 24.6 Å². The zero-order chi connectivity index (χ0) is 11.8. The smallest absolute Gasteiger partial charge is 0.139 e. The maximum atomic E-state index is 8.34. The summed E-state index contributed by atoms with van der Waals surface area (Å²) in [6, 6.07) is 7.64. The van der Waals surface area contributed by atoms with Crippen LogP contribution in [0.25, 0.3) is 0 Å². The normalized spacial score (nSPS) is 10.8. The second kappa shape index (κ2) is 6.36. The van der Waals surface area contributed by atoms with E-state index in [1.54, 1.807) is 0 Å². The summed E-state index contributed by atoms with van der Waals surface area (Å²) < 4.78 is 0. The van der Waals surface area contributed by atoms with Gasteiger partial charge in [0.25, 0.3) is 0 Å². The van der Waals surface area contributed by atoms with Crippen molar-refractivity contribution >= 4 is 11.5 Å². The van der Waals surface area contributed by atoms with Crippen LogP contribution in [0.2, 0.25) is 0 Å². The molecule has 0 bridgehead atoms. The quantitative estimate of drug-likeness (QED) is 0.175. The Kier molecular flexibility index (Phi) is 4.74. The lowest BCUT2D eigenvalue weighted by atomic mass is 10.2. The number of nitrogens with two attached hydrogens (primary N) is 1. The van der Waals surface area contributed by atoms with Gasteiger partial charge in [0.05, 0.1) is 0 Å². The first-order valence-electron chi connectivity index (χ1n) is 5.03. The highest BCUT2D eigenvalue weighted by molar-refractivity contribution is 5.79. The summed E-state index contributed by atoms with van der Waals surface area (Å²) in [5.41, 5.74) is 7.17. The first kappa shape index (κ1) is 11.9. The van der Waals surface area contributed by atoms with Crippen molar-refractivity contribution in [1.82, 2.24) is 0 Å². The average molecular weight is 217 g/mol. The van der Waals surface area contributed by atoms with Gasteiger partial charge in [0, 0.05) is 24.2 Å². The fourth-order valence-electron chi connectivity index (χ4n) is 1.27. The number of terminal acetylenes is 1. The average Bonchev–Trinajstić information content (AvgIpc) is 2.34. The molecule has 0 fully saturated rings. The maximum Gasteiger partial charge on any atom is 0.139 e. The van der Waals surface area contributed by atoms with Crippen molar-refractivity contribution in [3.05, 3.63) is 29.8 Å². The molecule has 0 unspecified atom stereocenters. The summed E-state index contributed by atoms with van der Waals surface area (Å²) >= 11 is 0. The molecule has 4 N–H and O–H groups in total. The van der Waals surface area contributed by atoms with E-state index in [1.165, 1.54) is 0 Å². The van der Waals surface area contributed by atoms with Crippen LogP contribution in [-0.4, -0.2) is 17.6 Å². The highest BCUT2D eigenvalue weighted by atomic mass is 16.4. The van der Waals surface area contributed by atoms with Crippen LogP contribution in [0.5, 0.6) is 0 Å². The standard InChI is InChI=1S/C12H15N3O/c1-2-10-5-3-6-11(9-10)14-8-4-7-12(13)15-16/h1,3,5-6,9,14,16H,4,7-8H2,(H2,13,15). The molecule has 1 rings (SSSR count). The zero-order valence-corrected chi connectivity index (χ0v) is 8.98. The lowest BCUT2D eigenvalue weighted by Crippen LogP contribution is -2.13. The molecular weight excluding hydrogens is 202 g/mol. The number of benzene rings is 1. The fourth-order valence-corrected chi connectivity index (χ4v) is 1.27. The Balaban J connectivity index is 2.35. The van der Waals surface area contributed by atoms with Crippen LogP contribution in [0.4, 0.5) is 5.69 Å². The highest BCUT2D eigenvalue weighted by Gasteiger charge is 1.95. The predicted octanol–water partition coefficient (Wildman–Crippen LogP) is 1.61. The van der Waals surface area contributed by atoms with Gasteiger partial charge in [0.1, 0.15) is 5.84 Å². The van der Waals surface area contributed by atoms with Gasteiger partial charge in [-0.1, -0.05) is 17.1 Å². The summed E-state index contributed by atoms with van der Waals surface area (Å²) in [5, 5.41) is 14.5. The molecule has 1 aromatic carbocycles. The molecule has 0 atom stereocenters. The topological polar surface area (TPSA) is 70.6 Å². The van der Waals surface area contributed by atoms with Crippen molar-refractivity contribution in [3.63, 3.8) is 0 Å². The molecule has 4 heteroatoms. The molecule has 0 amide bonds. The van der Waals surface area contributed by atoms with Crippen molar-refractivity contribution in [2.75, 3.05) is 11.9 Å². The Morgan fingerprint density at radius 3 is 3.06 bits per heavy atom. The van der Waals surface area contributed by atoms with E-state index >= 15 is 0 Å². The van der Waals surface area contributed by atoms with Crippen LogP contribution in [0.15, 0.2) is 29.4 Å². The van der Waals surface area contributed by atoms with E-state index in [-0.39, 0.29) is 5.84 Å². The number of hydrogen-bond acceptors (Lipinski definition) is 3. The van der Waals surface area contributed by atoms with E-state index in [9.17, 15) is 0 Å². The first-order chi connectivity index (χ1) is 7.76. The molecule has 1 aromatic rings. The van der Waals surface area contributed by atoms with Crippen LogP contribution < -0.4 is 11.1 Å². The maximum absolute atomic E-state index is 8.34. The van der Waals surface area contributed by atoms with Gasteiger partial charge in [-0.2, -0.15) is 0 Å². The Morgan fingerprint density at radius 1 is 1.56 bits per heavy atom. The molecule has 4 nitrogen and oxygen atoms in total. The predicted molar refractivity (Wildman–Crippen MR) is 65.5 cm³/mol. The number of nitrogens with zero attached hydrogens (tertiary/aromatic N) is 1. The van der Waals surface area contributed by atoms with Gasteiger partial charge in [0.15, 0.2) is 0 Å². The number of oxime groups is 1. The molecule has 0 saturated heterocycles. The largest absolute Gasteiger partial charge is 0.409 e. The van der Waals surface area contributed by atoms with E-state index in [1.807, 2.05) is 24.3 Å². The summed E-state index contributed by atoms with van der Waals surface area (Å²) in [5.74, 6) is 2.82. The molecule has 0 aliphatic carbocycles. The highest BCUT2D eigenvalue weighted by Crippen LogP contribution is 2.09. The van der Waals surface area contributed by atoms with Crippen molar-refractivity contribution in [3.8, 4) is 12.3 Å². The van der Waals surface area contributed by atoms with E-state index in [2.05, 4.69) is 16.4 Å². The van der Waals surface area contributed by atoms with E-state index in [0.29, 0.717) is 6.42 Å². The summed E-state index contributed by atoms with van der Waals surface area (Å²) in [6.07, 6.45) is 6.66. The van der Waals surface area contributed by atoms with Crippen molar-refractivity contribution in [2.24, 2.45) is 10.9 Å². The number of anilines is 1.